The van der Waals surface area contributed by atoms with Crippen molar-refractivity contribution in [2.45, 2.75) is 25.8 Å². The molecular formula is C21H23N3O4. The number of hydrogen-bond acceptors (Lipinski definition) is 6. The first-order valence-corrected chi connectivity index (χ1v) is 9.05. The van der Waals surface area contributed by atoms with Gasteiger partial charge in [-0.3, -0.25) is 4.79 Å². The third-order valence-corrected chi connectivity index (χ3v) is 4.24. The van der Waals surface area contributed by atoms with E-state index in [0.717, 1.165) is 11.1 Å². The molecule has 0 unspecified atom stereocenters. The summed E-state index contributed by atoms with van der Waals surface area (Å²) < 4.78 is 16.3. The van der Waals surface area contributed by atoms with Gasteiger partial charge in [-0.05, 0) is 24.6 Å². The van der Waals surface area contributed by atoms with Crippen LogP contribution in [0.1, 0.15) is 24.3 Å². The van der Waals surface area contributed by atoms with Crippen molar-refractivity contribution < 1.29 is 18.7 Å². The Morgan fingerprint density at radius 3 is 2.61 bits per heavy atom. The van der Waals surface area contributed by atoms with E-state index in [9.17, 15) is 4.79 Å². The Balaban J connectivity index is 1.46. The molecule has 0 aliphatic carbocycles. The van der Waals surface area contributed by atoms with Crippen LogP contribution in [0.4, 0.5) is 0 Å². The van der Waals surface area contributed by atoms with Crippen LogP contribution in [0.25, 0.3) is 11.5 Å². The van der Waals surface area contributed by atoms with E-state index in [4.69, 9.17) is 13.9 Å². The molecule has 3 rings (SSSR count). The van der Waals surface area contributed by atoms with E-state index in [2.05, 4.69) is 15.5 Å². The van der Waals surface area contributed by atoms with Crippen LogP contribution in [0.5, 0.6) is 11.5 Å². The third kappa shape index (κ3) is 4.88. The second-order valence-electron chi connectivity index (χ2n) is 6.15. The molecule has 0 fully saturated rings. The predicted octanol–water partition coefficient (Wildman–Crippen LogP) is 3.39. The molecule has 0 saturated heterocycles. The topological polar surface area (TPSA) is 86.5 Å². The number of aromatic nitrogens is 2. The largest absolute Gasteiger partial charge is 0.493 e. The van der Waals surface area contributed by atoms with Crippen LogP contribution in [0.3, 0.4) is 0 Å². The monoisotopic (exact) mass is 381 g/mol. The van der Waals surface area contributed by atoms with Crippen LogP contribution < -0.4 is 14.8 Å². The minimum Gasteiger partial charge on any atom is -0.493 e. The number of methoxy groups -OCH3 is 2. The van der Waals surface area contributed by atoms with Gasteiger partial charge in [0.15, 0.2) is 11.5 Å². The van der Waals surface area contributed by atoms with Crippen LogP contribution in [0.15, 0.2) is 52.9 Å². The average molecular weight is 381 g/mol. The van der Waals surface area contributed by atoms with Gasteiger partial charge in [-0.1, -0.05) is 30.3 Å². The van der Waals surface area contributed by atoms with Crippen molar-refractivity contribution in [1.82, 2.24) is 15.5 Å². The number of para-hydroxylation sites is 1. The molecule has 0 spiro atoms. The van der Waals surface area contributed by atoms with Crippen molar-refractivity contribution >= 4 is 5.91 Å². The maximum atomic E-state index is 12.1. The molecule has 28 heavy (non-hydrogen) atoms. The lowest BCUT2D eigenvalue weighted by molar-refractivity contribution is -0.121. The Bertz CT molecular complexity index is 909. The number of rotatable bonds is 9. The van der Waals surface area contributed by atoms with Crippen molar-refractivity contribution in [3.05, 3.63) is 60.0 Å². The molecule has 7 nitrogen and oxygen atoms in total. The Hall–Kier alpha value is -3.35. The summed E-state index contributed by atoms with van der Waals surface area (Å²) in [5, 5.41) is 11.0. The van der Waals surface area contributed by atoms with Gasteiger partial charge in [0, 0.05) is 30.5 Å². The Morgan fingerprint density at radius 1 is 1.04 bits per heavy atom. The molecule has 0 saturated carbocycles. The minimum atomic E-state index is -0.0485. The molecule has 0 atom stereocenters. The number of benzene rings is 2. The number of nitrogens with zero attached hydrogens (tertiary/aromatic N) is 2. The molecule has 1 heterocycles. The first-order valence-electron chi connectivity index (χ1n) is 9.05. The summed E-state index contributed by atoms with van der Waals surface area (Å²) in [4.78, 5) is 12.1. The second kappa shape index (κ2) is 9.55. The predicted molar refractivity (Wildman–Crippen MR) is 104 cm³/mol. The molecule has 2 aromatic carbocycles. The number of carbonyl (C=O) groups excluding carboxylic acids is 1. The minimum absolute atomic E-state index is 0.0485. The van der Waals surface area contributed by atoms with Crippen LogP contribution in [0.2, 0.25) is 0 Å². The summed E-state index contributed by atoms with van der Waals surface area (Å²) in [7, 11) is 3.16. The number of ether oxygens (including phenoxy) is 2. The fourth-order valence-electron chi connectivity index (χ4n) is 2.83. The fourth-order valence-corrected chi connectivity index (χ4v) is 2.83. The maximum absolute atomic E-state index is 12.1. The molecule has 0 bridgehead atoms. The first kappa shape index (κ1) is 19.4. The zero-order chi connectivity index (χ0) is 19.8. The van der Waals surface area contributed by atoms with Gasteiger partial charge in [0.25, 0.3) is 0 Å². The van der Waals surface area contributed by atoms with Gasteiger partial charge in [-0.15, -0.1) is 10.2 Å². The highest BCUT2D eigenvalue weighted by atomic mass is 16.5. The Labute approximate surface area is 163 Å². The van der Waals surface area contributed by atoms with Gasteiger partial charge in [0.1, 0.15) is 0 Å². The highest BCUT2D eigenvalue weighted by molar-refractivity contribution is 5.76. The standard InChI is InChI=1S/C21H23N3O4/c1-26-17-11-6-10-16(20(17)27-2)14-22-18(25)12-7-13-19-23-24-21(28-19)15-8-4-3-5-9-15/h3-6,8-11H,7,12-14H2,1-2H3,(H,22,25). The van der Waals surface area contributed by atoms with Crippen molar-refractivity contribution in [2.24, 2.45) is 0 Å². The average Bonchev–Trinajstić information content (AvgIpc) is 3.21. The van der Waals surface area contributed by atoms with E-state index in [1.54, 1.807) is 14.2 Å². The van der Waals surface area contributed by atoms with E-state index in [0.29, 0.717) is 49.1 Å². The molecule has 7 heteroatoms. The number of carbonyl (C=O) groups is 1. The molecule has 1 aromatic heterocycles. The van der Waals surface area contributed by atoms with Gasteiger partial charge in [-0.25, -0.2) is 0 Å². The van der Waals surface area contributed by atoms with Gasteiger partial charge in [-0.2, -0.15) is 0 Å². The van der Waals surface area contributed by atoms with Crippen LogP contribution >= 0.6 is 0 Å². The zero-order valence-electron chi connectivity index (χ0n) is 16.0. The number of amides is 1. The molecule has 0 radical (unpaired) electrons. The summed E-state index contributed by atoms with van der Waals surface area (Å²) in [5.74, 6) is 2.24. The summed E-state index contributed by atoms with van der Waals surface area (Å²) >= 11 is 0. The van der Waals surface area contributed by atoms with Crippen LogP contribution in [0, 0.1) is 0 Å². The lowest BCUT2D eigenvalue weighted by atomic mass is 10.1. The number of aryl methyl sites for hydroxylation is 1. The van der Waals surface area contributed by atoms with Crippen LogP contribution in [-0.4, -0.2) is 30.3 Å². The number of nitrogens with one attached hydrogen (secondary N) is 1. The van der Waals surface area contributed by atoms with E-state index in [1.807, 2.05) is 48.5 Å². The van der Waals surface area contributed by atoms with Crippen LogP contribution in [-0.2, 0) is 17.8 Å². The lowest BCUT2D eigenvalue weighted by Crippen LogP contribution is -2.22. The quantitative estimate of drug-likeness (QED) is 0.611. The molecule has 1 N–H and O–H groups in total. The maximum Gasteiger partial charge on any atom is 0.247 e. The summed E-state index contributed by atoms with van der Waals surface area (Å²) in [5.41, 5.74) is 1.74. The third-order valence-electron chi connectivity index (χ3n) is 4.24. The molecule has 146 valence electrons. The SMILES string of the molecule is COc1cccc(CNC(=O)CCCc2nnc(-c3ccccc3)o2)c1OC. The molecule has 1 amide bonds. The van der Waals surface area contributed by atoms with E-state index in [1.165, 1.54) is 0 Å². The second-order valence-corrected chi connectivity index (χ2v) is 6.15. The Kier molecular flexibility index (Phi) is 6.62. The van der Waals surface area contributed by atoms with E-state index >= 15 is 0 Å². The fraction of sp³-hybridized carbons (Fsp3) is 0.286. The van der Waals surface area contributed by atoms with Gasteiger partial charge in [0.05, 0.1) is 14.2 Å². The highest BCUT2D eigenvalue weighted by Gasteiger charge is 2.12. The molecular weight excluding hydrogens is 358 g/mol. The highest BCUT2D eigenvalue weighted by Crippen LogP contribution is 2.30. The van der Waals surface area contributed by atoms with E-state index in [-0.39, 0.29) is 5.91 Å². The van der Waals surface area contributed by atoms with Gasteiger partial charge >= 0.3 is 0 Å². The lowest BCUT2D eigenvalue weighted by Gasteiger charge is -2.13. The van der Waals surface area contributed by atoms with Crippen molar-refractivity contribution in [2.75, 3.05) is 14.2 Å². The van der Waals surface area contributed by atoms with Gasteiger partial charge in [0.2, 0.25) is 17.7 Å². The smallest absolute Gasteiger partial charge is 0.247 e. The molecule has 0 aliphatic heterocycles. The number of hydrogen-bond donors (Lipinski definition) is 1. The van der Waals surface area contributed by atoms with Crippen molar-refractivity contribution in [3.63, 3.8) is 0 Å². The van der Waals surface area contributed by atoms with Crippen molar-refractivity contribution in [3.8, 4) is 23.0 Å². The Morgan fingerprint density at radius 2 is 1.86 bits per heavy atom. The van der Waals surface area contributed by atoms with Crippen molar-refractivity contribution in [1.29, 1.82) is 0 Å². The summed E-state index contributed by atoms with van der Waals surface area (Å²) in [6.45, 7) is 0.373. The first-order chi connectivity index (χ1) is 13.7. The molecule has 0 aliphatic rings. The molecule has 3 aromatic rings. The van der Waals surface area contributed by atoms with E-state index < -0.39 is 0 Å². The zero-order valence-corrected chi connectivity index (χ0v) is 16.0. The normalized spacial score (nSPS) is 10.5. The van der Waals surface area contributed by atoms with Gasteiger partial charge < -0.3 is 19.2 Å². The summed E-state index contributed by atoms with van der Waals surface area (Å²) in [6.07, 6.45) is 1.54. The summed E-state index contributed by atoms with van der Waals surface area (Å²) in [6, 6.07) is 15.2.